The molecule has 0 fully saturated rings. The first-order valence-corrected chi connectivity index (χ1v) is 5.16. The SMILES string of the molecule is CC(C)(C)CC(C)(C)OC(=O)C=CC(=O)O. The topological polar surface area (TPSA) is 63.6 Å². The molecule has 16 heavy (non-hydrogen) atoms. The van der Waals surface area contributed by atoms with E-state index >= 15 is 0 Å². The van der Waals surface area contributed by atoms with E-state index < -0.39 is 17.5 Å². The molecule has 1 N–H and O–H groups in total. The van der Waals surface area contributed by atoms with Gasteiger partial charge in [-0.25, -0.2) is 9.59 Å². The minimum Gasteiger partial charge on any atom is -0.478 e. The molecule has 4 heteroatoms. The number of carboxylic acids is 1. The number of hydrogen-bond donors (Lipinski definition) is 1. The third kappa shape index (κ3) is 8.03. The van der Waals surface area contributed by atoms with Gasteiger partial charge in [0.05, 0.1) is 0 Å². The summed E-state index contributed by atoms with van der Waals surface area (Å²) in [6.07, 6.45) is 2.40. The normalized spacial score (nSPS) is 12.8. The fraction of sp³-hybridized carbons (Fsp3) is 0.667. The maximum absolute atomic E-state index is 11.3. The van der Waals surface area contributed by atoms with E-state index in [1.165, 1.54) is 0 Å². The summed E-state index contributed by atoms with van der Waals surface area (Å²) in [7, 11) is 0. The van der Waals surface area contributed by atoms with E-state index in [0.29, 0.717) is 6.42 Å². The summed E-state index contributed by atoms with van der Waals surface area (Å²) in [6, 6.07) is 0. The van der Waals surface area contributed by atoms with Gasteiger partial charge in [0, 0.05) is 12.2 Å². The van der Waals surface area contributed by atoms with Gasteiger partial charge in [-0.15, -0.1) is 0 Å². The lowest BCUT2D eigenvalue weighted by molar-refractivity contribution is -0.152. The summed E-state index contributed by atoms with van der Waals surface area (Å²) in [4.78, 5) is 21.5. The summed E-state index contributed by atoms with van der Waals surface area (Å²) < 4.78 is 5.18. The number of carbonyl (C=O) groups is 2. The van der Waals surface area contributed by atoms with Crippen LogP contribution in [0.1, 0.15) is 41.0 Å². The van der Waals surface area contributed by atoms with Crippen LogP contribution < -0.4 is 0 Å². The number of rotatable bonds is 4. The minimum absolute atomic E-state index is 0.0420. The first kappa shape index (κ1) is 14.7. The van der Waals surface area contributed by atoms with Crippen LogP contribution in [0.5, 0.6) is 0 Å². The van der Waals surface area contributed by atoms with Crippen LogP contribution in [0.4, 0.5) is 0 Å². The van der Waals surface area contributed by atoms with Gasteiger partial charge in [-0.05, 0) is 25.7 Å². The average Bonchev–Trinajstić information content (AvgIpc) is 1.94. The minimum atomic E-state index is -1.16. The quantitative estimate of drug-likeness (QED) is 0.592. The molecule has 0 bridgehead atoms. The Morgan fingerprint density at radius 1 is 1.12 bits per heavy atom. The summed E-state index contributed by atoms with van der Waals surface area (Å²) in [5, 5.41) is 8.35. The summed E-state index contributed by atoms with van der Waals surface area (Å²) >= 11 is 0. The Hall–Kier alpha value is -1.32. The second-order valence-electron chi connectivity index (χ2n) is 5.59. The average molecular weight is 228 g/mol. The molecule has 0 aromatic carbocycles. The van der Waals surface area contributed by atoms with Crippen molar-refractivity contribution in [3.05, 3.63) is 12.2 Å². The van der Waals surface area contributed by atoms with Crippen molar-refractivity contribution in [2.24, 2.45) is 5.41 Å². The number of esters is 1. The Kier molecular flexibility index (Phi) is 4.72. The molecule has 0 saturated heterocycles. The maximum atomic E-state index is 11.3. The van der Waals surface area contributed by atoms with Crippen molar-refractivity contribution in [2.75, 3.05) is 0 Å². The van der Waals surface area contributed by atoms with Gasteiger partial charge in [0.25, 0.3) is 0 Å². The predicted molar refractivity (Wildman–Crippen MR) is 61.0 cm³/mol. The van der Waals surface area contributed by atoms with Crippen LogP contribution >= 0.6 is 0 Å². The van der Waals surface area contributed by atoms with Crippen LogP contribution in [0.15, 0.2) is 12.2 Å². The van der Waals surface area contributed by atoms with Crippen molar-refractivity contribution < 1.29 is 19.4 Å². The Labute approximate surface area is 96.3 Å². The Morgan fingerprint density at radius 3 is 2.00 bits per heavy atom. The second kappa shape index (κ2) is 5.14. The molecule has 0 amide bonds. The molecular formula is C12H20O4. The van der Waals surface area contributed by atoms with E-state index in [9.17, 15) is 9.59 Å². The van der Waals surface area contributed by atoms with Crippen molar-refractivity contribution in [1.29, 1.82) is 0 Å². The van der Waals surface area contributed by atoms with Crippen molar-refractivity contribution in [1.82, 2.24) is 0 Å². The number of carbonyl (C=O) groups excluding carboxylic acids is 1. The monoisotopic (exact) mass is 228 g/mol. The molecule has 0 aliphatic carbocycles. The van der Waals surface area contributed by atoms with E-state index in [2.05, 4.69) is 20.8 Å². The van der Waals surface area contributed by atoms with Crippen LogP contribution in [0, 0.1) is 5.41 Å². The molecule has 0 saturated carbocycles. The van der Waals surface area contributed by atoms with Gasteiger partial charge < -0.3 is 9.84 Å². The number of ether oxygens (including phenoxy) is 1. The van der Waals surface area contributed by atoms with E-state index in [-0.39, 0.29) is 5.41 Å². The molecule has 0 heterocycles. The number of carboxylic acid groups (broad SMARTS) is 1. The van der Waals surface area contributed by atoms with Crippen molar-refractivity contribution in [3.63, 3.8) is 0 Å². The smallest absolute Gasteiger partial charge is 0.331 e. The molecule has 0 rings (SSSR count). The lowest BCUT2D eigenvalue weighted by Crippen LogP contribution is -2.32. The third-order valence-electron chi connectivity index (χ3n) is 1.69. The van der Waals surface area contributed by atoms with Crippen molar-refractivity contribution in [2.45, 2.75) is 46.6 Å². The maximum Gasteiger partial charge on any atom is 0.331 e. The highest BCUT2D eigenvalue weighted by Gasteiger charge is 2.28. The van der Waals surface area contributed by atoms with Gasteiger partial charge in [0.1, 0.15) is 5.60 Å². The van der Waals surface area contributed by atoms with Crippen LogP contribution in [0.3, 0.4) is 0 Å². The fourth-order valence-electron chi connectivity index (χ4n) is 1.76. The fourth-order valence-corrected chi connectivity index (χ4v) is 1.76. The van der Waals surface area contributed by atoms with Crippen LogP contribution in [-0.4, -0.2) is 22.6 Å². The molecule has 0 atom stereocenters. The number of hydrogen-bond acceptors (Lipinski definition) is 3. The largest absolute Gasteiger partial charge is 0.478 e. The van der Waals surface area contributed by atoms with E-state index in [4.69, 9.17) is 9.84 Å². The highest BCUT2D eigenvalue weighted by molar-refractivity contribution is 5.90. The predicted octanol–water partition coefficient (Wildman–Crippen LogP) is 2.39. The molecular weight excluding hydrogens is 208 g/mol. The van der Waals surface area contributed by atoms with Crippen LogP contribution in [-0.2, 0) is 14.3 Å². The molecule has 0 aliphatic rings. The zero-order chi connectivity index (χ0) is 13.0. The highest BCUT2D eigenvalue weighted by Crippen LogP contribution is 2.29. The standard InChI is InChI=1S/C12H20O4/c1-11(2,3)8-12(4,5)16-10(15)7-6-9(13)14/h6-7H,8H2,1-5H3,(H,13,14). The van der Waals surface area contributed by atoms with Crippen molar-refractivity contribution >= 4 is 11.9 Å². The molecule has 0 aromatic heterocycles. The molecule has 0 aliphatic heterocycles. The van der Waals surface area contributed by atoms with Gasteiger partial charge in [-0.3, -0.25) is 0 Å². The Balaban J connectivity index is 4.37. The molecule has 0 aromatic rings. The molecule has 92 valence electrons. The molecule has 0 spiro atoms. The third-order valence-corrected chi connectivity index (χ3v) is 1.69. The Bertz CT molecular complexity index is 295. The van der Waals surface area contributed by atoms with Crippen molar-refractivity contribution in [3.8, 4) is 0 Å². The van der Waals surface area contributed by atoms with Gasteiger partial charge in [0.2, 0.25) is 0 Å². The van der Waals surface area contributed by atoms with Gasteiger partial charge in [-0.1, -0.05) is 20.8 Å². The lowest BCUT2D eigenvalue weighted by Gasteiger charge is -2.31. The molecule has 0 radical (unpaired) electrons. The van der Waals surface area contributed by atoms with Crippen LogP contribution in [0.2, 0.25) is 0 Å². The summed E-state index contributed by atoms with van der Waals surface area (Å²) in [6.45, 7) is 9.77. The van der Waals surface area contributed by atoms with Crippen LogP contribution in [0.25, 0.3) is 0 Å². The zero-order valence-electron chi connectivity index (χ0n) is 10.5. The molecule has 4 nitrogen and oxygen atoms in total. The highest BCUT2D eigenvalue weighted by atomic mass is 16.6. The first-order chi connectivity index (χ1) is 7.02. The second-order valence-corrected chi connectivity index (χ2v) is 5.59. The van der Waals surface area contributed by atoms with E-state index in [0.717, 1.165) is 12.2 Å². The van der Waals surface area contributed by atoms with Gasteiger partial charge in [-0.2, -0.15) is 0 Å². The van der Waals surface area contributed by atoms with E-state index in [1.54, 1.807) is 0 Å². The zero-order valence-corrected chi connectivity index (χ0v) is 10.5. The van der Waals surface area contributed by atoms with E-state index in [1.807, 2.05) is 13.8 Å². The summed E-state index contributed by atoms with van der Waals surface area (Å²) in [5.74, 6) is -1.79. The van der Waals surface area contributed by atoms with Gasteiger partial charge in [0.15, 0.2) is 0 Å². The molecule has 0 unspecified atom stereocenters. The Morgan fingerprint density at radius 2 is 1.62 bits per heavy atom. The first-order valence-electron chi connectivity index (χ1n) is 5.16. The number of aliphatic carboxylic acids is 1. The summed E-state index contributed by atoms with van der Waals surface area (Å²) in [5.41, 5.74) is -0.557. The van der Waals surface area contributed by atoms with Gasteiger partial charge >= 0.3 is 11.9 Å². The lowest BCUT2D eigenvalue weighted by atomic mass is 9.84.